The Morgan fingerprint density at radius 2 is 2.25 bits per heavy atom. The number of hydrogen-bond donors (Lipinski definition) is 2. The monoisotopic (exact) mass is 232 g/mol. The lowest BCUT2D eigenvalue weighted by atomic mass is 10.2. The van der Waals surface area contributed by atoms with Crippen molar-refractivity contribution in [2.24, 2.45) is 0 Å². The Balaban J connectivity index is 3.20. The Bertz CT molecular complexity index is 457. The zero-order valence-electron chi connectivity index (χ0n) is 8.42. The van der Waals surface area contributed by atoms with Crippen molar-refractivity contribution in [3.63, 3.8) is 0 Å². The SMILES string of the molecule is CCOC(=O)c1cc(N)c(C(F)F)c(=O)[nH]1. The number of carbonyl (C=O) groups excluding carboxylic acids is 1. The van der Waals surface area contributed by atoms with Crippen LogP contribution in [0.2, 0.25) is 0 Å². The van der Waals surface area contributed by atoms with Gasteiger partial charge in [-0.05, 0) is 13.0 Å². The summed E-state index contributed by atoms with van der Waals surface area (Å²) in [6.07, 6.45) is -2.99. The van der Waals surface area contributed by atoms with E-state index in [0.717, 1.165) is 6.07 Å². The number of aromatic amines is 1. The van der Waals surface area contributed by atoms with Gasteiger partial charge in [-0.3, -0.25) is 4.79 Å². The molecule has 5 nitrogen and oxygen atoms in total. The molecule has 1 heterocycles. The highest BCUT2D eigenvalue weighted by Crippen LogP contribution is 2.21. The zero-order chi connectivity index (χ0) is 12.3. The number of nitrogen functional groups attached to an aromatic ring is 1. The first-order chi connectivity index (χ1) is 7.47. The fraction of sp³-hybridized carbons (Fsp3) is 0.333. The van der Waals surface area contributed by atoms with E-state index in [1.165, 1.54) is 0 Å². The van der Waals surface area contributed by atoms with Gasteiger partial charge >= 0.3 is 5.97 Å². The van der Waals surface area contributed by atoms with Gasteiger partial charge in [0.15, 0.2) is 0 Å². The first kappa shape index (κ1) is 12.2. The van der Waals surface area contributed by atoms with Crippen LogP contribution in [-0.4, -0.2) is 17.6 Å². The molecule has 1 aromatic heterocycles. The summed E-state index contributed by atoms with van der Waals surface area (Å²) in [5, 5.41) is 0. The molecule has 0 fully saturated rings. The molecule has 0 aliphatic carbocycles. The summed E-state index contributed by atoms with van der Waals surface area (Å²) >= 11 is 0. The van der Waals surface area contributed by atoms with Gasteiger partial charge in [0, 0.05) is 5.69 Å². The Kier molecular flexibility index (Phi) is 3.60. The van der Waals surface area contributed by atoms with Crippen LogP contribution in [0.3, 0.4) is 0 Å². The number of esters is 1. The van der Waals surface area contributed by atoms with E-state index in [1.807, 2.05) is 4.98 Å². The molecule has 16 heavy (non-hydrogen) atoms. The summed E-state index contributed by atoms with van der Waals surface area (Å²) in [6.45, 7) is 1.68. The minimum Gasteiger partial charge on any atom is -0.461 e. The van der Waals surface area contributed by atoms with Crippen LogP contribution in [0.1, 0.15) is 29.4 Å². The average molecular weight is 232 g/mol. The van der Waals surface area contributed by atoms with Gasteiger partial charge in [0.25, 0.3) is 12.0 Å². The molecule has 0 saturated carbocycles. The van der Waals surface area contributed by atoms with Crippen LogP contribution in [0.5, 0.6) is 0 Å². The maximum absolute atomic E-state index is 12.4. The molecule has 0 aliphatic heterocycles. The molecule has 7 heteroatoms. The first-order valence-electron chi connectivity index (χ1n) is 4.45. The van der Waals surface area contributed by atoms with Gasteiger partial charge in [-0.1, -0.05) is 0 Å². The molecular formula is C9H10F2N2O3. The van der Waals surface area contributed by atoms with E-state index in [-0.39, 0.29) is 12.3 Å². The van der Waals surface area contributed by atoms with Gasteiger partial charge in [0.05, 0.1) is 6.61 Å². The lowest BCUT2D eigenvalue weighted by Crippen LogP contribution is -2.20. The largest absolute Gasteiger partial charge is 0.461 e. The number of halogens is 2. The topological polar surface area (TPSA) is 85.2 Å². The third-order valence-corrected chi connectivity index (χ3v) is 1.82. The lowest BCUT2D eigenvalue weighted by Gasteiger charge is -2.06. The number of nitrogens with two attached hydrogens (primary N) is 1. The number of alkyl halides is 2. The van der Waals surface area contributed by atoms with E-state index in [1.54, 1.807) is 6.92 Å². The smallest absolute Gasteiger partial charge is 0.354 e. The van der Waals surface area contributed by atoms with Crippen molar-refractivity contribution in [3.8, 4) is 0 Å². The minimum absolute atomic E-state index is 0.108. The van der Waals surface area contributed by atoms with E-state index in [0.29, 0.717) is 0 Å². The van der Waals surface area contributed by atoms with Crippen molar-refractivity contribution in [3.05, 3.63) is 27.7 Å². The third-order valence-electron chi connectivity index (χ3n) is 1.82. The van der Waals surface area contributed by atoms with Crippen molar-refractivity contribution < 1.29 is 18.3 Å². The fourth-order valence-corrected chi connectivity index (χ4v) is 1.13. The molecule has 1 aromatic rings. The van der Waals surface area contributed by atoms with Crippen LogP contribution in [0.25, 0.3) is 0 Å². The van der Waals surface area contributed by atoms with Gasteiger partial charge in [0.1, 0.15) is 11.3 Å². The van der Waals surface area contributed by atoms with E-state index in [4.69, 9.17) is 5.73 Å². The number of H-pyrrole nitrogens is 1. The number of nitrogens with one attached hydrogen (secondary N) is 1. The molecule has 0 unspecified atom stereocenters. The van der Waals surface area contributed by atoms with E-state index in [9.17, 15) is 18.4 Å². The van der Waals surface area contributed by atoms with E-state index >= 15 is 0 Å². The molecule has 0 saturated heterocycles. The number of hydrogen-bond acceptors (Lipinski definition) is 4. The predicted octanol–water partition coefficient (Wildman–Crippen LogP) is 1.07. The number of carbonyl (C=O) groups is 1. The Hall–Kier alpha value is -1.92. The van der Waals surface area contributed by atoms with E-state index in [2.05, 4.69) is 4.74 Å². The maximum atomic E-state index is 12.4. The molecule has 0 aromatic carbocycles. The second kappa shape index (κ2) is 4.73. The van der Waals surface area contributed by atoms with Gasteiger partial charge in [-0.2, -0.15) is 0 Å². The number of ether oxygens (including phenoxy) is 1. The summed E-state index contributed by atoms with van der Waals surface area (Å²) < 4.78 is 29.3. The number of pyridine rings is 1. The van der Waals surface area contributed by atoms with Gasteiger partial charge in [-0.25, -0.2) is 13.6 Å². The highest BCUT2D eigenvalue weighted by atomic mass is 19.3. The van der Waals surface area contributed by atoms with Crippen LogP contribution in [0.4, 0.5) is 14.5 Å². The summed E-state index contributed by atoms with van der Waals surface area (Å²) in [5.41, 5.74) is 2.65. The van der Waals surface area contributed by atoms with Crippen molar-refractivity contribution in [2.45, 2.75) is 13.3 Å². The summed E-state index contributed by atoms with van der Waals surface area (Å²) in [4.78, 5) is 24.4. The molecule has 1 rings (SSSR count). The van der Waals surface area contributed by atoms with Crippen molar-refractivity contribution in [1.29, 1.82) is 0 Å². The minimum atomic E-state index is -2.99. The molecule has 3 N–H and O–H groups in total. The fourth-order valence-electron chi connectivity index (χ4n) is 1.13. The number of aromatic nitrogens is 1. The highest BCUT2D eigenvalue weighted by molar-refractivity contribution is 5.88. The lowest BCUT2D eigenvalue weighted by molar-refractivity contribution is 0.0518. The maximum Gasteiger partial charge on any atom is 0.354 e. The third kappa shape index (κ3) is 2.36. The summed E-state index contributed by atoms with van der Waals surface area (Å²) in [5.74, 6) is -0.813. The van der Waals surface area contributed by atoms with Crippen LogP contribution in [-0.2, 0) is 4.74 Å². The molecule has 0 bridgehead atoms. The quantitative estimate of drug-likeness (QED) is 0.763. The van der Waals surface area contributed by atoms with Crippen molar-refractivity contribution >= 4 is 11.7 Å². The average Bonchev–Trinajstić information content (AvgIpc) is 2.16. The molecule has 0 radical (unpaired) electrons. The predicted molar refractivity (Wildman–Crippen MR) is 52.4 cm³/mol. The molecule has 0 aliphatic rings. The molecule has 0 spiro atoms. The molecule has 0 atom stereocenters. The molecule has 0 amide bonds. The van der Waals surface area contributed by atoms with E-state index < -0.39 is 29.2 Å². The first-order valence-corrected chi connectivity index (χ1v) is 4.45. The Morgan fingerprint density at radius 3 is 2.69 bits per heavy atom. The van der Waals surface area contributed by atoms with Crippen LogP contribution in [0, 0.1) is 0 Å². The van der Waals surface area contributed by atoms with Crippen molar-refractivity contribution in [1.82, 2.24) is 4.98 Å². The molecular weight excluding hydrogens is 222 g/mol. The second-order valence-corrected chi connectivity index (χ2v) is 2.90. The van der Waals surface area contributed by atoms with Crippen LogP contribution >= 0.6 is 0 Å². The number of anilines is 1. The normalized spacial score (nSPS) is 10.5. The van der Waals surface area contributed by atoms with Gasteiger partial charge in [0.2, 0.25) is 0 Å². The van der Waals surface area contributed by atoms with Gasteiger partial charge < -0.3 is 15.5 Å². The van der Waals surface area contributed by atoms with Crippen molar-refractivity contribution in [2.75, 3.05) is 12.3 Å². The Morgan fingerprint density at radius 1 is 1.62 bits per heavy atom. The van der Waals surface area contributed by atoms with Crippen LogP contribution in [0.15, 0.2) is 10.9 Å². The highest BCUT2D eigenvalue weighted by Gasteiger charge is 2.19. The van der Waals surface area contributed by atoms with Crippen LogP contribution < -0.4 is 11.3 Å². The standard InChI is InChI=1S/C9H10F2N2O3/c1-2-16-9(15)5-3-4(12)6(7(10)11)8(14)13-5/h3,7H,2H2,1H3,(H3,12,13,14). The Labute approximate surface area is 89.2 Å². The molecule has 88 valence electrons. The number of rotatable bonds is 3. The van der Waals surface area contributed by atoms with Gasteiger partial charge in [-0.15, -0.1) is 0 Å². The second-order valence-electron chi connectivity index (χ2n) is 2.90. The summed E-state index contributed by atoms with van der Waals surface area (Å²) in [7, 11) is 0. The summed E-state index contributed by atoms with van der Waals surface area (Å²) in [6, 6.07) is 0.959. The zero-order valence-corrected chi connectivity index (χ0v) is 8.42.